The third-order valence-corrected chi connectivity index (χ3v) is 3.70. The van der Waals surface area contributed by atoms with Crippen molar-refractivity contribution in [2.45, 2.75) is 25.7 Å². The van der Waals surface area contributed by atoms with Crippen molar-refractivity contribution in [3.63, 3.8) is 0 Å². The zero-order valence-electron chi connectivity index (χ0n) is 12.7. The fourth-order valence-electron chi connectivity index (χ4n) is 2.38. The summed E-state index contributed by atoms with van der Waals surface area (Å²) in [4.78, 5) is 11.8. The van der Waals surface area contributed by atoms with E-state index in [1.165, 1.54) is 11.1 Å². The molecule has 4 nitrogen and oxygen atoms in total. The second-order valence-electron chi connectivity index (χ2n) is 5.29. The topological polar surface area (TPSA) is 50.4 Å². The number of rotatable bonds is 7. The van der Waals surface area contributed by atoms with E-state index in [1.807, 2.05) is 12.1 Å². The van der Waals surface area contributed by atoms with Gasteiger partial charge < -0.3 is 15.4 Å². The number of carbonyl (C=O) groups excluding carboxylic acids is 1. The zero-order valence-corrected chi connectivity index (χ0v) is 12.7. The highest BCUT2D eigenvalue weighted by Crippen LogP contribution is 2.13. The summed E-state index contributed by atoms with van der Waals surface area (Å²) in [5.74, 6) is 1.01. The first-order valence-electron chi connectivity index (χ1n) is 7.56. The molecule has 0 saturated heterocycles. The molecule has 0 unspecified atom stereocenters. The highest BCUT2D eigenvalue weighted by atomic mass is 16.5. The monoisotopic (exact) mass is 288 g/mol. The maximum atomic E-state index is 11.8. The van der Waals surface area contributed by atoms with E-state index in [0.29, 0.717) is 13.0 Å². The first-order chi connectivity index (χ1) is 10.3. The molecule has 0 atom stereocenters. The summed E-state index contributed by atoms with van der Waals surface area (Å²) in [6.07, 6.45) is 5.58. The Labute approximate surface area is 126 Å². The van der Waals surface area contributed by atoms with Crippen LogP contribution in [0.4, 0.5) is 0 Å². The van der Waals surface area contributed by atoms with Gasteiger partial charge >= 0.3 is 0 Å². The fraction of sp³-hybridized carbons (Fsp3) is 0.471. The predicted octanol–water partition coefficient (Wildman–Crippen LogP) is 2.05. The van der Waals surface area contributed by atoms with Crippen molar-refractivity contribution in [2.24, 2.45) is 0 Å². The molecule has 4 heteroatoms. The summed E-state index contributed by atoms with van der Waals surface area (Å²) in [6.45, 7) is 2.63. The standard InChI is InChI=1S/C17H24N2O2/c1-21-16-7-5-14(6-8-16)3-2-4-17(20)19-13-15-9-11-18-12-10-15/h5-9,18H,2-4,10-13H2,1H3,(H,19,20). The van der Waals surface area contributed by atoms with Crippen LogP contribution in [0.25, 0.3) is 0 Å². The van der Waals surface area contributed by atoms with E-state index >= 15 is 0 Å². The summed E-state index contributed by atoms with van der Waals surface area (Å²) in [5, 5.41) is 6.27. The van der Waals surface area contributed by atoms with Crippen molar-refractivity contribution < 1.29 is 9.53 Å². The van der Waals surface area contributed by atoms with Gasteiger partial charge in [-0.25, -0.2) is 0 Å². The molecule has 2 rings (SSSR count). The SMILES string of the molecule is COc1ccc(CCCC(=O)NCC2=CCNCC2)cc1. The van der Waals surface area contributed by atoms with Gasteiger partial charge in [0, 0.05) is 19.5 Å². The van der Waals surface area contributed by atoms with Gasteiger partial charge in [-0.1, -0.05) is 23.8 Å². The summed E-state index contributed by atoms with van der Waals surface area (Å²) >= 11 is 0. The molecule has 114 valence electrons. The molecule has 1 aliphatic heterocycles. The lowest BCUT2D eigenvalue weighted by Crippen LogP contribution is -2.29. The van der Waals surface area contributed by atoms with E-state index in [9.17, 15) is 4.79 Å². The quantitative estimate of drug-likeness (QED) is 0.755. The number of nitrogens with one attached hydrogen (secondary N) is 2. The molecule has 0 aliphatic carbocycles. The van der Waals surface area contributed by atoms with Crippen LogP contribution in [-0.4, -0.2) is 32.7 Å². The molecule has 0 saturated carbocycles. The number of hydrogen-bond donors (Lipinski definition) is 2. The average Bonchev–Trinajstić information content (AvgIpc) is 2.54. The van der Waals surface area contributed by atoms with Crippen LogP contribution in [0.3, 0.4) is 0 Å². The number of aryl methyl sites for hydroxylation is 1. The number of methoxy groups -OCH3 is 1. The lowest BCUT2D eigenvalue weighted by Gasteiger charge is -2.14. The Morgan fingerprint density at radius 3 is 2.81 bits per heavy atom. The van der Waals surface area contributed by atoms with Gasteiger partial charge in [-0.05, 0) is 43.5 Å². The second kappa shape index (κ2) is 8.47. The van der Waals surface area contributed by atoms with Crippen molar-refractivity contribution in [1.29, 1.82) is 0 Å². The molecule has 0 spiro atoms. The van der Waals surface area contributed by atoms with Gasteiger partial charge in [0.25, 0.3) is 0 Å². The van der Waals surface area contributed by atoms with Crippen molar-refractivity contribution in [2.75, 3.05) is 26.7 Å². The van der Waals surface area contributed by atoms with Crippen LogP contribution in [-0.2, 0) is 11.2 Å². The van der Waals surface area contributed by atoms with Crippen LogP contribution in [0.5, 0.6) is 5.75 Å². The van der Waals surface area contributed by atoms with E-state index in [0.717, 1.165) is 38.1 Å². The maximum absolute atomic E-state index is 11.8. The molecule has 1 aromatic carbocycles. The van der Waals surface area contributed by atoms with Gasteiger partial charge in [0.2, 0.25) is 5.91 Å². The lowest BCUT2D eigenvalue weighted by atomic mass is 10.1. The van der Waals surface area contributed by atoms with Crippen LogP contribution >= 0.6 is 0 Å². The largest absolute Gasteiger partial charge is 0.497 e. The third kappa shape index (κ3) is 5.60. The molecule has 1 aromatic rings. The molecule has 0 fully saturated rings. The average molecular weight is 288 g/mol. The number of ether oxygens (including phenoxy) is 1. The molecule has 21 heavy (non-hydrogen) atoms. The van der Waals surface area contributed by atoms with E-state index in [2.05, 4.69) is 28.8 Å². The summed E-state index contributed by atoms with van der Waals surface area (Å²) < 4.78 is 5.13. The number of hydrogen-bond acceptors (Lipinski definition) is 3. The van der Waals surface area contributed by atoms with Crippen LogP contribution in [0.2, 0.25) is 0 Å². The molecule has 1 heterocycles. The Balaban J connectivity index is 1.63. The van der Waals surface area contributed by atoms with Gasteiger partial charge in [-0.15, -0.1) is 0 Å². The Bertz CT molecular complexity index is 480. The number of carbonyl (C=O) groups is 1. The van der Waals surface area contributed by atoms with E-state index < -0.39 is 0 Å². The third-order valence-electron chi connectivity index (χ3n) is 3.70. The normalized spacial score (nSPS) is 14.4. The molecule has 0 bridgehead atoms. The fourth-order valence-corrected chi connectivity index (χ4v) is 2.38. The first kappa shape index (κ1) is 15.6. The minimum Gasteiger partial charge on any atom is -0.497 e. The number of benzene rings is 1. The van der Waals surface area contributed by atoms with Crippen LogP contribution in [0, 0.1) is 0 Å². The summed E-state index contributed by atoms with van der Waals surface area (Å²) in [6, 6.07) is 8.02. The van der Waals surface area contributed by atoms with Crippen molar-refractivity contribution in [1.82, 2.24) is 10.6 Å². The summed E-state index contributed by atoms with van der Waals surface area (Å²) in [7, 11) is 1.66. The molecule has 1 amide bonds. The van der Waals surface area contributed by atoms with Crippen LogP contribution in [0.15, 0.2) is 35.9 Å². The zero-order chi connectivity index (χ0) is 14.9. The van der Waals surface area contributed by atoms with Gasteiger partial charge in [0.05, 0.1) is 7.11 Å². The van der Waals surface area contributed by atoms with Gasteiger partial charge in [0.1, 0.15) is 5.75 Å². The van der Waals surface area contributed by atoms with Crippen LogP contribution < -0.4 is 15.4 Å². The Kier molecular flexibility index (Phi) is 6.28. The Morgan fingerprint density at radius 2 is 2.14 bits per heavy atom. The van der Waals surface area contributed by atoms with Gasteiger partial charge in [-0.3, -0.25) is 4.79 Å². The van der Waals surface area contributed by atoms with Crippen LogP contribution in [0.1, 0.15) is 24.8 Å². The minimum atomic E-state index is 0.142. The molecule has 0 aromatic heterocycles. The number of amides is 1. The first-order valence-corrected chi connectivity index (χ1v) is 7.56. The summed E-state index contributed by atoms with van der Waals surface area (Å²) in [5.41, 5.74) is 2.57. The molecule has 0 radical (unpaired) electrons. The van der Waals surface area contributed by atoms with Crippen molar-refractivity contribution in [3.8, 4) is 5.75 Å². The molecular formula is C17H24N2O2. The smallest absolute Gasteiger partial charge is 0.220 e. The highest BCUT2D eigenvalue weighted by Gasteiger charge is 2.06. The minimum absolute atomic E-state index is 0.142. The van der Waals surface area contributed by atoms with Crippen molar-refractivity contribution >= 4 is 5.91 Å². The predicted molar refractivity (Wildman–Crippen MR) is 84.5 cm³/mol. The van der Waals surface area contributed by atoms with Crippen molar-refractivity contribution in [3.05, 3.63) is 41.5 Å². The van der Waals surface area contributed by atoms with Gasteiger partial charge in [-0.2, -0.15) is 0 Å². The second-order valence-corrected chi connectivity index (χ2v) is 5.29. The van der Waals surface area contributed by atoms with E-state index in [1.54, 1.807) is 7.11 Å². The lowest BCUT2D eigenvalue weighted by molar-refractivity contribution is -0.121. The van der Waals surface area contributed by atoms with E-state index in [-0.39, 0.29) is 5.91 Å². The van der Waals surface area contributed by atoms with E-state index in [4.69, 9.17) is 4.74 Å². The molecular weight excluding hydrogens is 264 g/mol. The maximum Gasteiger partial charge on any atom is 0.220 e. The molecule has 2 N–H and O–H groups in total. The Morgan fingerprint density at radius 1 is 1.33 bits per heavy atom. The molecule has 1 aliphatic rings. The van der Waals surface area contributed by atoms with Gasteiger partial charge in [0.15, 0.2) is 0 Å². The highest BCUT2D eigenvalue weighted by molar-refractivity contribution is 5.76. The Hall–Kier alpha value is -1.81.